The van der Waals surface area contributed by atoms with Gasteiger partial charge in [-0.15, -0.1) is 0 Å². The molecular formula is C21H24N2O4. The minimum absolute atomic E-state index is 0.175. The molecule has 3 aliphatic heterocycles. The van der Waals surface area contributed by atoms with Crippen molar-refractivity contribution in [1.29, 1.82) is 0 Å². The van der Waals surface area contributed by atoms with Crippen molar-refractivity contribution < 1.29 is 19.1 Å². The summed E-state index contributed by atoms with van der Waals surface area (Å²) in [7, 11) is 0. The summed E-state index contributed by atoms with van der Waals surface area (Å²) in [6.07, 6.45) is 1.64. The minimum atomic E-state index is -0.874. The molecule has 3 amide bonds. The van der Waals surface area contributed by atoms with Gasteiger partial charge >= 0.3 is 6.09 Å². The normalized spacial score (nSPS) is 34.6. The number of carbonyl (C=O) groups is 3. The van der Waals surface area contributed by atoms with Crippen molar-refractivity contribution in [2.45, 2.75) is 39.3 Å². The molecule has 6 nitrogen and oxygen atoms in total. The molecule has 5 rings (SSSR count). The molecule has 6 heteroatoms. The quantitative estimate of drug-likeness (QED) is 0.595. The molecule has 0 N–H and O–H groups in total. The summed E-state index contributed by atoms with van der Waals surface area (Å²) < 4.78 is 5.29. The molecule has 0 aromatic heterocycles. The summed E-state index contributed by atoms with van der Waals surface area (Å²) in [6, 6.07) is 8.79. The average Bonchev–Trinajstić information content (AvgIpc) is 2.90. The lowest BCUT2D eigenvalue weighted by molar-refractivity contribution is -0.135. The highest BCUT2D eigenvalue weighted by atomic mass is 16.6. The third-order valence-corrected chi connectivity index (χ3v) is 6.56. The second kappa shape index (κ2) is 5.94. The Bertz CT molecular complexity index is 849. The third kappa shape index (κ3) is 2.16. The van der Waals surface area contributed by atoms with Gasteiger partial charge in [0.2, 0.25) is 11.8 Å². The molecule has 0 unspecified atom stereocenters. The minimum Gasteiger partial charge on any atom is -0.450 e. The number of nitrogens with zero attached hydrogens (tertiary/aromatic N) is 2. The fraction of sp³-hybridized carbons (Fsp3) is 0.476. The summed E-state index contributed by atoms with van der Waals surface area (Å²) in [4.78, 5) is 42.4. The number of benzene rings is 1. The van der Waals surface area contributed by atoms with E-state index in [0.29, 0.717) is 5.69 Å². The van der Waals surface area contributed by atoms with Gasteiger partial charge < -0.3 is 4.74 Å². The molecule has 3 heterocycles. The maximum atomic E-state index is 13.4. The number of fused-ring (bicyclic) bond motifs is 1. The van der Waals surface area contributed by atoms with Crippen LogP contribution >= 0.6 is 0 Å². The fourth-order valence-corrected chi connectivity index (χ4v) is 5.23. The van der Waals surface area contributed by atoms with Gasteiger partial charge in [0.15, 0.2) is 0 Å². The molecule has 1 aromatic carbocycles. The first-order valence-corrected chi connectivity index (χ1v) is 9.41. The first kappa shape index (κ1) is 17.8. The van der Waals surface area contributed by atoms with E-state index in [1.165, 1.54) is 4.90 Å². The van der Waals surface area contributed by atoms with E-state index in [1.54, 1.807) is 24.0 Å². The van der Waals surface area contributed by atoms with Crippen LogP contribution in [0.5, 0.6) is 0 Å². The number of piperidine rings is 1. The lowest BCUT2D eigenvalue weighted by atomic mass is 9.58. The van der Waals surface area contributed by atoms with Crippen LogP contribution in [0.2, 0.25) is 0 Å². The molecule has 27 heavy (non-hydrogen) atoms. The molecule has 0 radical (unpaired) electrons. The van der Waals surface area contributed by atoms with Crippen LogP contribution in [-0.2, 0) is 14.3 Å². The van der Waals surface area contributed by atoms with Gasteiger partial charge in [0.05, 0.1) is 29.7 Å². The van der Waals surface area contributed by atoms with E-state index in [1.807, 2.05) is 39.0 Å². The highest BCUT2D eigenvalue weighted by Crippen LogP contribution is 2.56. The van der Waals surface area contributed by atoms with Gasteiger partial charge in [-0.25, -0.2) is 9.69 Å². The monoisotopic (exact) mass is 368 g/mol. The molecule has 1 aliphatic carbocycles. The Labute approximate surface area is 158 Å². The molecule has 5 atom stereocenters. The Balaban J connectivity index is 1.83. The lowest BCUT2D eigenvalue weighted by Gasteiger charge is -2.58. The second-order valence-electron chi connectivity index (χ2n) is 7.73. The van der Waals surface area contributed by atoms with Gasteiger partial charge in [-0.05, 0) is 39.8 Å². The zero-order chi connectivity index (χ0) is 19.5. The maximum absolute atomic E-state index is 13.4. The summed E-state index contributed by atoms with van der Waals surface area (Å²) in [5, 5.41) is 0. The molecule has 142 valence electrons. The zero-order valence-electron chi connectivity index (χ0n) is 16.0. The van der Waals surface area contributed by atoms with Crippen LogP contribution < -0.4 is 4.90 Å². The Kier molecular flexibility index (Phi) is 3.91. The number of rotatable bonds is 2. The van der Waals surface area contributed by atoms with Crippen molar-refractivity contribution in [2.75, 3.05) is 11.5 Å². The largest absolute Gasteiger partial charge is 0.450 e. The topological polar surface area (TPSA) is 66.9 Å². The van der Waals surface area contributed by atoms with Gasteiger partial charge in [0.25, 0.3) is 0 Å². The molecule has 0 saturated carbocycles. The van der Waals surface area contributed by atoms with Crippen molar-refractivity contribution in [1.82, 2.24) is 4.90 Å². The van der Waals surface area contributed by atoms with E-state index >= 15 is 0 Å². The van der Waals surface area contributed by atoms with E-state index in [-0.39, 0.29) is 30.4 Å². The van der Waals surface area contributed by atoms with Crippen LogP contribution in [-0.4, -0.2) is 41.0 Å². The van der Waals surface area contributed by atoms with Gasteiger partial charge in [-0.2, -0.15) is 0 Å². The first-order chi connectivity index (χ1) is 12.8. The predicted octanol–water partition coefficient (Wildman–Crippen LogP) is 2.99. The molecule has 2 saturated heterocycles. The van der Waals surface area contributed by atoms with Crippen LogP contribution in [0.4, 0.5) is 10.5 Å². The lowest BCUT2D eigenvalue weighted by Crippen LogP contribution is -2.70. The number of anilines is 1. The van der Waals surface area contributed by atoms with E-state index in [0.717, 1.165) is 5.57 Å². The van der Waals surface area contributed by atoms with Crippen molar-refractivity contribution in [3.8, 4) is 0 Å². The molecule has 2 bridgehead atoms. The van der Waals surface area contributed by atoms with E-state index in [2.05, 4.69) is 6.08 Å². The van der Waals surface area contributed by atoms with Crippen LogP contribution in [0.25, 0.3) is 0 Å². The zero-order valence-corrected chi connectivity index (χ0v) is 16.0. The maximum Gasteiger partial charge on any atom is 0.410 e. The smallest absolute Gasteiger partial charge is 0.410 e. The Morgan fingerprint density at radius 3 is 2.48 bits per heavy atom. The SMILES string of the molecule is CCOC(=O)N1[C@H](C)[C@@H]2C=C(C)[C@@]1(C)[C@H]1C(=O)N(c3ccccc3)C(=O)[C@@H]21. The van der Waals surface area contributed by atoms with Crippen molar-refractivity contribution in [2.24, 2.45) is 17.8 Å². The second-order valence-corrected chi connectivity index (χ2v) is 7.73. The molecule has 2 fully saturated rings. The van der Waals surface area contributed by atoms with Crippen molar-refractivity contribution >= 4 is 23.6 Å². The summed E-state index contributed by atoms with van der Waals surface area (Å²) >= 11 is 0. The van der Waals surface area contributed by atoms with Crippen LogP contribution in [0.3, 0.4) is 0 Å². The van der Waals surface area contributed by atoms with Gasteiger partial charge in [0, 0.05) is 12.0 Å². The number of hydrogen-bond donors (Lipinski definition) is 0. The Hall–Kier alpha value is -2.63. The number of imide groups is 1. The van der Waals surface area contributed by atoms with Crippen molar-refractivity contribution in [3.63, 3.8) is 0 Å². The third-order valence-electron chi connectivity index (χ3n) is 6.56. The number of carbonyl (C=O) groups excluding carboxylic acids is 3. The molecule has 1 aromatic rings. The summed E-state index contributed by atoms with van der Waals surface area (Å²) in [5.41, 5.74) is 0.648. The van der Waals surface area contributed by atoms with Gasteiger partial charge in [-0.3, -0.25) is 14.5 Å². The van der Waals surface area contributed by atoms with E-state index in [4.69, 9.17) is 4.74 Å². The Morgan fingerprint density at radius 1 is 1.19 bits per heavy atom. The molecular weight excluding hydrogens is 344 g/mol. The first-order valence-electron chi connectivity index (χ1n) is 9.41. The van der Waals surface area contributed by atoms with Gasteiger partial charge in [0.1, 0.15) is 0 Å². The number of amides is 3. The highest BCUT2D eigenvalue weighted by molar-refractivity contribution is 6.23. The highest BCUT2D eigenvalue weighted by Gasteiger charge is 2.68. The average molecular weight is 368 g/mol. The van der Waals surface area contributed by atoms with Crippen LogP contribution in [0.1, 0.15) is 27.7 Å². The predicted molar refractivity (Wildman–Crippen MR) is 99.9 cm³/mol. The molecule has 4 aliphatic rings. The van der Waals surface area contributed by atoms with Gasteiger partial charge in [-0.1, -0.05) is 29.8 Å². The number of hydrogen-bond acceptors (Lipinski definition) is 4. The Morgan fingerprint density at radius 2 is 1.85 bits per heavy atom. The van der Waals surface area contributed by atoms with Crippen molar-refractivity contribution in [3.05, 3.63) is 42.0 Å². The van der Waals surface area contributed by atoms with E-state index in [9.17, 15) is 14.4 Å². The standard InChI is InChI=1S/C21H24N2O4/c1-5-27-20(26)23-13(3)15-11-12(2)21(23,4)17-16(15)18(24)22(19(17)25)14-9-7-6-8-10-14/h6-11,13,15-17H,5H2,1-4H3/t13-,15+,16+,17-,21+/m1/s1. The molecule has 0 spiro atoms. The fourth-order valence-electron chi connectivity index (χ4n) is 5.23. The summed E-state index contributed by atoms with van der Waals surface area (Å²) in [5.74, 6) is -1.66. The van der Waals surface area contributed by atoms with E-state index < -0.39 is 23.5 Å². The van der Waals surface area contributed by atoms with Crippen LogP contribution in [0.15, 0.2) is 42.0 Å². The number of ether oxygens (including phenoxy) is 1. The van der Waals surface area contributed by atoms with Crippen LogP contribution in [0, 0.1) is 17.8 Å². The number of para-hydroxylation sites is 1. The summed E-state index contributed by atoms with van der Waals surface area (Å²) in [6.45, 7) is 7.79.